The number of aromatic nitrogens is 3. The van der Waals surface area contributed by atoms with Gasteiger partial charge in [0.1, 0.15) is 0 Å². The van der Waals surface area contributed by atoms with Crippen molar-refractivity contribution < 1.29 is 4.79 Å². The minimum absolute atomic E-state index is 0.213. The van der Waals surface area contributed by atoms with E-state index in [1.165, 1.54) is 24.0 Å². The van der Waals surface area contributed by atoms with E-state index in [1.807, 2.05) is 29.2 Å². The molecule has 32 heavy (non-hydrogen) atoms. The molecule has 0 radical (unpaired) electrons. The van der Waals surface area contributed by atoms with Crippen LogP contribution in [0.5, 0.6) is 0 Å². The molecular formula is C27H32N4O. The molecule has 2 aromatic heterocycles. The highest BCUT2D eigenvalue weighted by molar-refractivity contribution is 5.79. The van der Waals surface area contributed by atoms with Gasteiger partial charge in [0, 0.05) is 43.2 Å². The van der Waals surface area contributed by atoms with E-state index in [4.69, 9.17) is 4.98 Å². The Kier molecular flexibility index (Phi) is 6.06. The summed E-state index contributed by atoms with van der Waals surface area (Å²) in [7, 11) is 0. The number of carbonyl (C=O) groups excluding carboxylic acids is 1. The predicted octanol–water partition coefficient (Wildman–Crippen LogP) is 5.12. The molecule has 1 amide bonds. The summed E-state index contributed by atoms with van der Waals surface area (Å²) >= 11 is 0. The molecule has 5 heteroatoms. The number of aryl methyl sites for hydroxylation is 1. The molecule has 2 fully saturated rings. The molecule has 1 aliphatic carbocycles. The van der Waals surface area contributed by atoms with Crippen LogP contribution in [0.1, 0.15) is 67.7 Å². The van der Waals surface area contributed by atoms with Gasteiger partial charge in [-0.2, -0.15) is 0 Å². The van der Waals surface area contributed by atoms with E-state index in [0.29, 0.717) is 11.8 Å². The average molecular weight is 429 g/mol. The average Bonchev–Trinajstić information content (AvgIpc) is 3.57. The quantitative estimate of drug-likeness (QED) is 0.567. The first kappa shape index (κ1) is 20.9. The maximum atomic E-state index is 13.4. The van der Waals surface area contributed by atoms with Gasteiger partial charge in [0.25, 0.3) is 0 Å². The zero-order chi connectivity index (χ0) is 21.9. The van der Waals surface area contributed by atoms with Gasteiger partial charge in [-0.15, -0.1) is 0 Å². The summed E-state index contributed by atoms with van der Waals surface area (Å²) in [6, 6.07) is 13.0. The van der Waals surface area contributed by atoms with E-state index in [-0.39, 0.29) is 11.8 Å². The molecule has 2 unspecified atom stereocenters. The smallest absolute Gasteiger partial charge is 0.225 e. The fourth-order valence-corrected chi connectivity index (χ4v) is 5.39. The van der Waals surface area contributed by atoms with Gasteiger partial charge in [0.2, 0.25) is 5.91 Å². The summed E-state index contributed by atoms with van der Waals surface area (Å²) < 4.78 is 2.03. The van der Waals surface area contributed by atoms with Crippen molar-refractivity contribution in [3.8, 4) is 5.69 Å². The lowest BCUT2D eigenvalue weighted by Crippen LogP contribution is -2.44. The molecule has 5 nitrogen and oxygen atoms in total. The van der Waals surface area contributed by atoms with Gasteiger partial charge in [0.05, 0.1) is 23.9 Å². The number of nitrogens with zero attached hydrogens (tertiary/aromatic N) is 4. The summed E-state index contributed by atoms with van der Waals surface area (Å²) in [5, 5.41) is 0. The lowest BCUT2D eigenvalue weighted by molar-refractivity contribution is -0.137. The summed E-state index contributed by atoms with van der Waals surface area (Å²) in [6.07, 6.45) is 14.1. The highest BCUT2D eigenvalue weighted by atomic mass is 16.2. The number of carbonyl (C=O) groups is 1. The maximum absolute atomic E-state index is 13.4. The molecular weight excluding hydrogens is 396 g/mol. The van der Waals surface area contributed by atoms with Crippen molar-refractivity contribution in [2.75, 3.05) is 13.1 Å². The second-order valence-corrected chi connectivity index (χ2v) is 9.37. The van der Waals surface area contributed by atoms with Crippen LogP contribution < -0.4 is 0 Å². The molecule has 2 aliphatic rings. The number of pyridine rings is 1. The number of hydrogen-bond donors (Lipinski definition) is 0. The number of amides is 1. The van der Waals surface area contributed by atoms with E-state index in [1.54, 1.807) is 6.20 Å². The lowest BCUT2D eigenvalue weighted by Gasteiger charge is -2.39. The standard InChI is InChI=1S/C27H32N4O/c1-2-20-9-11-21(12-10-20)23-14-24(17-30(16-23)27(32)22-6-3-4-7-22)26-18-31(19-29-26)25-8-5-13-28-15-25/h5,8-13,15,18-19,22-24H,2-4,6-7,14,16-17H2,1H3. The number of benzene rings is 1. The van der Waals surface area contributed by atoms with Gasteiger partial charge in [0.15, 0.2) is 0 Å². The largest absolute Gasteiger partial charge is 0.341 e. The van der Waals surface area contributed by atoms with E-state index < -0.39 is 0 Å². The number of likely N-dealkylation sites (tertiary alicyclic amines) is 1. The van der Waals surface area contributed by atoms with E-state index in [9.17, 15) is 4.79 Å². The van der Waals surface area contributed by atoms with Crippen LogP contribution in [0.2, 0.25) is 0 Å². The van der Waals surface area contributed by atoms with E-state index in [2.05, 4.69) is 47.3 Å². The van der Waals surface area contributed by atoms with Gasteiger partial charge in [-0.3, -0.25) is 9.78 Å². The first-order valence-electron chi connectivity index (χ1n) is 12.0. The molecule has 3 heterocycles. The van der Waals surface area contributed by atoms with Crippen LogP contribution in [0.15, 0.2) is 61.3 Å². The Labute approximate surface area is 190 Å². The second kappa shape index (κ2) is 9.27. The van der Waals surface area contributed by atoms with Crippen molar-refractivity contribution in [2.45, 2.75) is 57.3 Å². The summed E-state index contributed by atoms with van der Waals surface area (Å²) in [6.45, 7) is 3.77. The SMILES string of the molecule is CCc1ccc(C2CC(c3cn(-c4cccnc4)cn3)CN(C(=O)C3CCCC3)C2)cc1. The van der Waals surface area contributed by atoms with E-state index >= 15 is 0 Å². The van der Waals surface area contributed by atoms with Crippen molar-refractivity contribution in [1.29, 1.82) is 0 Å². The number of piperidine rings is 1. The fraction of sp³-hybridized carbons (Fsp3) is 0.444. The Bertz CT molecular complexity index is 1040. The van der Waals surface area contributed by atoms with Crippen molar-refractivity contribution in [1.82, 2.24) is 19.4 Å². The molecule has 1 saturated heterocycles. The summed E-state index contributed by atoms with van der Waals surface area (Å²) in [5.41, 5.74) is 4.76. The first-order chi connectivity index (χ1) is 15.7. The van der Waals surface area contributed by atoms with Crippen LogP contribution in [-0.4, -0.2) is 38.4 Å². The van der Waals surface area contributed by atoms with Crippen LogP contribution in [0.25, 0.3) is 5.69 Å². The molecule has 1 aromatic carbocycles. The van der Waals surface area contributed by atoms with E-state index in [0.717, 1.165) is 50.2 Å². The summed E-state index contributed by atoms with van der Waals surface area (Å²) in [5.74, 6) is 1.15. The Morgan fingerprint density at radius 2 is 1.84 bits per heavy atom. The molecule has 166 valence electrons. The van der Waals surface area contributed by atoms with Gasteiger partial charge >= 0.3 is 0 Å². The predicted molar refractivity (Wildman–Crippen MR) is 126 cm³/mol. The molecule has 1 aliphatic heterocycles. The normalized spacial score (nSPS) is 21.7. The Hall–Kier alpha value is -2.95. The zero-order valence-corrected chi connectivity index (χ0v) is 18.9. The third-order valence-corrected chi connectivity index (χ3v) is 7.29. The van der Waals surface area contributed by atoms with Gasteiger partial charge in [-0.1, -0.05) is 44.0 Å². The number of hydrogen-bond acceptors (Lipinski definition) is 3. The van der Waals surface area contributed by atoms with Crippen LogP contribution in [0, 0.1) is 5.92 Å². The lowest BCUT2D eigenvalue weighted by atomic mass is 9.82. The van der Waals surface area contributed by atoms with Crippen molar-refractivity contribution in [2.24, 2.45) is 5.92 Å². The molecule has 0 bridgehead atoms. The molecule has 1 saturated carbocycles. The Morgan fingerprint density at radius 1 is 1.06 bits per heavy atom. The minimum Gasteiger partial charge on any atom is -0.341 e. The Morgan fingerprint density at radius 3 is 2.56 bits per heavy atom. The van der Waals surface area contributed by atoms with Crippen LogP contribution in [-0.2, 0) is 11.2 Å². The van der Waals surface area contributed by atoms with Crippen LogP contribution >= 0.6 is 0 Å². The van der Waals surface area contributed by atoms with Crippen molar-refractivity contribution in [3.63, 3.8) is 0 Å². The Balaban J connectivity index is 1.41. The number of imidazole rings is 1. The third-order valence-electron chi connectivity index (χ3n) is 7.29. The third kappa shape index (κ3) is 4.34. The van der Waals surface area contributed by atoms with Crippen LogP contribution in [0.3, 0.4) is 0 Å². The zero-order valence-electron chi connectivity index (χ0n) is 18.9. The first-order valence-corrected chi connectivity index (χ1v) is 12.0. The minimum atomic E-state index is 0.213. The van der Waals surface area contributed by atoms with Crippen molar-refractivity contribution >= 4 is 5.91 Å². The highest BCUT2D eigenvalue weighted by Crippen LogP contribution is 2.37. The highest BCUT2D eigenvalue weighted by Gasteiger charge is 2.36. The maximum Gasteiger partial charge on any atom is 0.225 e. The molecule has 5 rings (SSSR count). The molecule has 2 atom stereocenters. The van der Waals surface area contributed by atoms with Gasteiger partial charge < -0.3 is 9.47 Å². The molecule has 0 spiro atoms. The van der Waals surface area contributed by atoms with Crippen molar-refractivity contribution in [3.05, 3.63) is 78.1 Å². The number of rotatable bonds is 5. The monoisotopic (exact) mass is 428 g/mol. The summed E-state index contributed by atoms with van der Waals surface area (Å²) in [4.78, 5) is 24.5. The second-order valence-electron chi connectivity index (χ2n) is 9.37. The topological polar surface area (TPSA) is 51.0 Å². The fourth-order valence-electron chi connectivity index (χ4n) is 5.39. The van der Waals surface area contributed by atoms with Crippen LogP contribution in [0.4, 0.5) is 0 Å². The van der Waals surface area contributed by atoms with Gasteiger partial charge in [-0.25, -0.2) is 4.98 Å². The molecule has 0 N–H and O–H groups in total. The molecule has 3 aromatic rings. The van der Waals surface area contributed by atoms with Gasteiger partial charge in [-0.05, 0) is 48.9 Å².